The topological polar surface area (TPSA) is 80.2 Å². The molecule has 2 aliphatic rings. The SMILES string of the molecule is O=c1[nH]c2cc(-c3ccccc3Cl)sc2c(=O)n1-c1cncc2ccc(N3CC4(CCCO4)C3)cc12. The maximum atomic E-state index is 13.6. The van der Waals surface area contributed by atoms with Crippen molar-refractivity contribution >= 4 is 49.6 Å². The summed E-state index contributed by atoms with van der Waals surface area (Å²) in [4.78, 5) is 37.1. The standard InChI is InChI=1S/C27H21ClN4O3S/c28-20-5-2-1-4-18(20)23-11-21-24(36-23)25(33)32(26(34)30-21)22-13-29-12-16-6-7-17(10-19(16)22)31-14-27(15-31)8-3-9-35-27/h1-2,4-7,10-13H,3,8-9,14-15H2,(H,30,34). The Bertz CT molecular complexity index is 1780. The van der Waals surface area contributed by atoms with Crippen LogP contribution in [0.3, 0.4) is 0 Å². The van der Waals surface area contributed by atoms with Crippen LogP contribution in [-0.2, 0) is 4.74 Å². The molecule has 2 aliphatic heterocycles. The van der Waals surface area contributed by atoms with E-state index in [9.17, 15) is 9.59 Å². The zero-order valence-electron chi connectivity index (χ0n) is 19.2. The van der Waals surface area contributed by atoms with E-state index in [0.717, 1.165) is 59.4 Å². The Morgan fingerprint density at radius 2 is 1.94 bits per heavy atom. The summed E-state index contributed by atoms with van der Waals surface area (Å²) < 4.78 is 7.62. The number of aromatic amines is 1. The number of ether oxygens (including phenoxy) is 1. The monoisotopic (exact) mass is 516 g/mol. The maximum Gasteiger partial charge on any atom is 0.333 e. The highest BCUT2D eigenvalue weighted by molar-refractivity contribution is 7.22. The third-order valence-electron chi connectivity index (χ3n) is 7.19. The van der Waals surface area contributed by atoms with Gasteiger partial charge >= 0.3 is 5.69 Å². The molecule has 0 amide bonds. The Morgan fingerprint density at radius 3 is 2.75 bits per heavy atom. The van der Waals surface area contributed by atoms with Crippen LogP contribution >= 0.6 is 22.9 Å². The number of pyridine rings is 1. The molecule has 0 aliphatic carbocycles. The van der Waals surface area contributed by atoms with E-state index in [-0.39, 0.29) is 11.2 Å². The van der Waals surface area contributed by atoms with E-state index < -0.39 is 5.69 Å². The number of hydrogen-bond donors (Lipinski definition) is 1. The normalized spacial score (nSPS) is 16.8. The zero-order chi connectivity index (χ0) is 24.4. The summed E-state index contributed by atoms with van der Waals surface area (Å²) >= 11 is 7.69. The maximum absolute atomic E-state index is 13.6. The van der Waals surface area contributed by atoms with Gasteiger partial charge in [0.2, 0.25) is 0 Å². The van der Waals surface area contributed by atoms with Gasteiger partial charge in [-0.1, -0.05) is 35.9 Å². The lowest BCUT2D eigenvalue weighted by atomic mass is 9.90. The summed E-state index contributed by atoms with van der Waals surface area (Å²) in [6.45, 7) is 2.54. The highest BCUT2D eigenvalue weighted by Gasteiger charge is 2.46. The van der Waals surface area contributed by atoms with Gasteiger partial charge in [0.15, 0.2) is 0 Å². The van der Waals surface area contributed by atoms with Crippen molar-refractivity contribution < 1.29 is 4.74 Å². The second kappa shape index (κ2) is 8.03. The van der Waals surface area contributed by atoms with Gasteiger partial charge in [-0.15, -0.1) is 11.3 Å². The highest BCUT2D eigenvalue weighted by atomic mass is 35.5. The van der Waals surface area contributed by atoms with Gasteiger partial charge in [-0.25, -0.2) is 9.36 Å². The van der Waals surface area contributed by atoms with Crippen LogP contribution in [0.4, 0.5) is 5.69 Å². The van der Waals surface area contributed by atoms with Crippen molar-refractivity contribution in [1.29, 1.82) is 0 Å². The average Bonchev–Trinajstić information content (AvgIpc) is 3.51. The van der Waals surface area contributed by atoms with Crippen LogP contribution < -0.4 is 16.1 Å². The van der Waals surface area contributed by atoms with E-state index in [1.165, 1.54) is 15.9 Å². The van der Waals surface area contributed by atoms with Gasteiger partial charge in [-0.3, -0.25) is 9.78 Å². The summed E-state index contributed by atoms with van der Waals surface area (Å²) in [5.41, 5.74) is 1.92. The number of fused-ring (bicyclic) bond motifs is 2. The summed E-state index contributed by atoms with van der Waals surface area (Å²) in [5, 5.41) is 2.25. The number of aromatic nitrogens is 3. The minimum absolute atomic E-state index is 0.0202. The van der Waals surface area contributed by atoms with Crippen molar-refractivity contribution in [2.75, 3.05) is 24.6 Å². The van der Waals surface area contributed by atoms with Crippen LogP contribution in [-0.4, -0.2) is 39.8 Å². The Hall–Kier alpha value is -3.46. The van der Waals surface area contributed by atoms with E-state index in [4.69, 9.17) is 16.3 Å². The van der Waals surface area contributed by atoms with Gasteiger partial charge in [0, 0.05) is 57.8 Å². The zero-order valence-corrected chi connectivity index (χ0v) is 20.7. The Kier molecular flexibility index (Phi) is 4.86. The first-order chi connectivity index (χ1) is 17.5. The van der Waals surface area contributed by atoms with E-state index in [0.29, 0.717) is 20.9 Å². The number of anilines is 1. The summed E-state index contributed by atoms with van der Waals surface area (Å²) in [6.07, 6.45) is 5.53. The van der Waals surface area contributed by atoms with Crippen molar-refractivity contribution in [1.82, 2.24) is 14.5 Å². The van der Waals surface area contributed by atoms with Gasteiger partial charge in [-0.2, -0.15) is 0 Å². The molecule has 5 aromatic rings. The molecule has 9 heteroatoms. The van der Waals surface area contributed by atoms with Crippen LogP contribution in [0.15, 0.2) is 70.5 Å². The molecular formula is C27H21ClN4O3S. The molecule has 0 bridgehead atoms. The fourth-order valence-corrected chi connectivity index (χ4v) is 6.74. The lowest BCUT2D eigenvalue weighted by molar-refractivity contribution is -0.0180. The number of rotatable bonds is 3. The third kappa shape index (κ3) is 3.32. The first-order valence-corrected chi connectivity index (χ1v) is 13.0. The van der Waals surface area contributed by atoms with E-state index in [1.807, 2.05) is 30.3 Å². The van der Waals surface area contributed by atoms with Gasteiger partial charge in [-0.05, 0) is 37.1 Å². The molecule has 3 aromatic heterocycles. The van der Waals surface area contributed by atoms with E-state index >= 15 is 0 Å². The molecule has 0 unspecified atom stereocenters. The van der Waals surface area contributed by atoms with Crippen LogP contribution in [0.2, 0.25) is 5.02 Å². The fraction of sp³-hybridized carbons (Fsp3) is 0.222. The van der Waals surface area contributed by atoms with Crippen LogP contribution in [0.25, 0.3) is 37.1 Å². The molecule has 180 valence electrons. The number of benzene rings is 2. The van der Waals surface area contributed by atoms with Crippen molar-refractivity contribution in [2.45, 2.75) is 18.4 Å². The molecule has 36 heavy (non-hydrogen) atoms. The molecule has 1 spiro atoms. The lowest BCUT2D eigenvalue weighted by Gasteiger charge is -2.48. The molecule has 0 radical (unpaired) electrons. The minimum atomic E-state index is -0.502. The number of H-pyrrole nitrogens is 1. The molecule has 1 N–H and O–H groups in total. The summed E-state index contributed by atoms with van der Waals surface area (Å²) in [6, 6.07) is 15.3. The number of halogens is 1. The molecule has 7 rings (SSSR count). The van der Waals surface area contributed by atoms with Crippen molar-refractivity contribution in [2.24, 2.45) is 0 Å². The fourth-order valence-electron chi connectivity index (χ4n) is 5.37. The largest absolute Gasteiger partial charge is 0.371 e. The quantitative estimate of drug-likeness (QED) is 0.366. The molecule has 2 saturated heterocycles. The minimum Gasteiger partial charge on any atom is -0.371 e. The molecule has 0 saturated carbocycles. The number of thiophene rings is 1. The second-order valence-electron chi connectivity index (χ2n) is 9.46. The van der Waals surface area contributed by atoms with Crippen LogP contribution in [0, 0.1) is 0 Å². The predicted molar refractivity (Wildman–Crippen MR) is 144 cm³/mol. The van der Waals surface area contributed by atoms with Gasteiger partial charge in [0.25, 0.3) is 5.56 Å². The van der Waals surface area contributed by atoms with Gasteiger partial charge in [0.1, 0.15) is 10.3 Å². The van der Waals surface area contributed by atoms with Crippen LogP contribution in [0.1, 0.15) is 12.8 Å². The predicted octanol–water partition coefficient (Wildman–Crippen LogP) is 4.98. The lowest BCUT2D eigenvalue weighted by Crippen LogP contribution is -2.61. The molecular weight excluding hydrogens is 496 g/mol. The van der Waals surface area contributed by atoms with Crippen LogP contribution in [0.5, 0.6) is 0 Å². The van der Waals surface area contributed by atoms with Crippen molar-refractivity contribution in [3.8, 4) is 16.1 Å². The molecule has 2 fully saturated rings. The number of nitrogens with one attached hydrogen (secondary N) is 1. The molecule has 5 heterocycles. The second-order valence-corrected chi connectivity index (χ2v) is 10.9. The highest BCUT2D eigenvalue weighted by Crippen LogP contribution is 2.39. The Balaban J connectivity index is 1.35. The average molecular weight is 517 g/mol. The molecule has 2 aromatic carbocycles. The first kappa shape index (κ1) is 21.8. The van der Waals surface area contributed by atoms with Gasteiger partial charge in [0.05, 0.1) is 17.4 Å². The number of hydrogen-bond acceptors (Lipinski definition) is 6. The number of nitrogens with zero attached hydrogens (tertiary/aromatic N) is 3. The summed E-state index contributed by atoms with van der Waals surface area (Å²) in [7, 11) is 0. The van der Waals surface area contributed by atoms with E-state index in [1.54, 1.807) is 24.5 Å². The van der Waals surface area contributed by atoms with Crippen molar-refractivity contribution in [3.63, 3.8) is 0 Å². The van der Waals surface area contributed by atoms with Gasteiger partial charge < -0.3 is 14.6 Å². The molecule has 0 atom stereocenters. The Morgan fingerprint density at radius 1 is 1.08 bits per heavy atom. The third-order valence-corrected chi connectivity index (χ3v) is 8.67. The Labute approximate surface area is 214 Å². The summed E-state index contributed by atoms with van der Waals surface area (Å²) in [5.74, 6) is 0. The molecule has 7 nitrogen and oxygen atoms in total. The first-order valence-electron chi connectivity index (χ1n) is 11.8. The van der Waals surface area contributed by atoms with E-state index in [2.05, 4.69) is 20.9 Å². The van der Waals surface area contributed by atoms with Crippen molar-refractivity contribution in [3.05, 3.63) is 86.8 Å². The smallest absolute Gasteiger partial charge is 0.333 e.